The van der Waals surface area contributed by atoms with Crippen molar-refractivity contribution in [3.05, 3.63) is 58.9 Å². The topological polar surface area (TPSA) is 67.6 Å². The Balaban J connectivity index is 1.83. The Hall–Kier alpha value is -2.86. The summed E-state index contributed by atoms with van der Waals surface area (Å²) in [6.07, 6.45) is -0.548. The van der Waals surface area contributed by atoms with E-state index in [1.807, 2.05) is 48.9 Å². The number of aliphatic hydroxyl groups is 1. The Kier molecular flexibility index (Phi) is 4.15. The molecule has 6 nitrogen and oxygen atoms in total. The molecule has 1 heterocycles. The van der Waals surface area contributed by atoms with Crippen LogP contribution >= 0.6 is 0 Å². The number of hydrogen-bond acceptors (Lipinski definition) is 4. The molecule has 2 atom stereocenters. The molecule has 2 unspecified atom stereocenters. The third kappa shape index (κ3) is 2.86. The monoisotopic (exact) mass is 365 g/mol. The van der Waals surface area contributed by atoms with Crippen molar-refractivity contribution in [3.8, 4) is 5.75 Å². The standard InChI is InChI=1S/C21H23N3O3/c1-12-22-19-16(24(12)4)9-14(21(26)23(2)3)11-18(19)27-20-15-8-6-5-7-13(15)10-17(20)25/h5-9,11,17,20,25H,10H2,1-4H3. The Morgan fingerprint density at radius 3 is 2.78 bits per heavy atom. The van der Waals surface area contributed by atoms with Crippen molar-refractivity contribution in [2.45, 2.75) is 25.6 Å². The van der Waals surface area contributed by atoms with Gasteiger partial charge < -0.3 is 19.3 Å². The molecule has 0 saturated heterocycles. The molecule has 6 heteroatoms. The summed E-state index contributed by atoms with van der Waals surface area (Å²) in [5.41, 5.74) is 4.13. The van der Waals surface area contributed by atoms with E-state index in [-0.39, 0.29) is 5.91 Å². The maximum absolute atomic E-state index is 12.5. The summed E-state index contributed by atoms with van der Waals surface area (Å²) >= 11 is 0. The fourth-order valence-electron chi connectivity index (χ4n) is 3.66. The number of carbonyl (C=O) groups is 1. The molecular formula is C21H23N3O3. The highest BCUT2D eigenvalue weighted by Crippen LogP contribution is 2.38. The van der Waals surface area contributed by atoms with E-state index in [0.29, 0.717) is 23.3 Å². The Labute approximate surface area is 158 Å². The smallest absolute Gasteiger partial charge is 0.253 e. The second-order valence-electron chi connectivity index (χ2n) is 7.27. The van der Waals surface area contributed by atoms with Gasteiger partial charge in [-0.2, -0.15) is 0 Å². The van der Waals surface area contributed by atoms with Crippen molar-refractivity contribution in [1.29, 1.82) is 0 Å². The van der Waals surface area contributed by atoms with Crippen molar-refractivity contribution in [2.75, 3.05) is 14.1 Å². The molecule has 1 aliphatic rings. The Bertz CT molecular complexity index is 1040. The van der Waals surface area contributed by atoms with Crippen LogP contribution in [0.15, 0.2) is 36.4 Å². The van der Waals surface area contributed by atoms with Crippen molar-refractivity contribution in [3.63, 3.8) is 0 Å². The van der Waals surface area contributed by atoms with E-state index in [4.69, 9.17) is 4.74 Å². The van der Waals surface area contributed by atoms with E-state index < -0.39 is 12.2 Å². The lowest BCUT2D eigenvalue weighted by Crippen LogP contribution is -2.22. The molecule has 0 radical (unpaired) electrons. The van der Waals surface area contributed by atoms with E-state index in [0.717, 1.165) is 22.5 Å². The van der Waals surface area contributed by atoms with E-state index in [2.05, 4.69) is 4.98 Å². The SMILES string of the molecule is Cc1nc2c(OC3c4ccccc4CC3O)cc(C(=O)N(C)C)cc2n1C. The lowest BCUT2D eigenvalue weighted by molar-refractivity contribution is 0.0503. The number of benzene rings is 2. The number of imidazole rings is 1. The zero-order valence-corrected chi connectivity index (χ0v) is 15.9. The van der Waals surface area contributed by atoms with Crippen LogP contribution in [0.2, 0.25) is 0 Å². The maximum atomic E-state index is 12.5. The first-order valence-electron chi connectivity index (χ1n) is 8.98. The van der Waals surface area contributed by atoms with Crippen molar-refractivity contribution in [2.24, 2.45) is 7.05 Å². The summed E-state index contributed by atoms with van der Waals surface area (Å²) in [6.45, 7) is 1.91. The lowest BCUT2D eigenvalue weighted by Gasteiger charge is -2.20. The van der Waals surface area contributed by atoms with Gasteiger partial charge in [0.05, 0.1) is 11.6 Å². The average Bonchev–Trinajstić information content (AvgIpc) is 3.11. The van der Waals surface area contributed by atoms with Crippen LogP contribution < -0.4 is 4.74 Å². The summed E-state index contributed by atoms with van der Waals surface area (Å²) in [4.78, 5) is 18.7. The summed E-state index contributed by atoms with van der Waals surface area (Å²) in [6, 6.07) is 11.5. The first kappa shape index (κ1) is 17.5. The Morgan fingerprint density at radius 2 is 2.04 bits per heavy atom. The van der Waals surface area contributed by atoms with Crippen molar-refractivity contribution >= 4 is 16.9 Å². The molecule has 1 aromatic heterocycles. The van der Waals surface area contributed by atoms with Gasteiger partial charge in [-0.25, -0.2) is 4.98 Å². The molecule has 1 N–H and O–H groups in total. The van der Waals surface area contributed by atoms with E-state index in [1.165, 1.54) is 4.90 Å². The first-order chi connectivity index (χ1) is 12.9. The van der Waals surface area contributed by atoms with E-state index in [1.54, 1.807) is 20.2 Å². The number of aryl methyl sites for hydroxylation is 2. The number of nitrogens with zero attached hydrogens (tertiary/aromatic N) is 3. The van der Waals surface area contributed by atoms with Crippen LogP contribution in [-0.2, 0) is 13.5 Å². The number of amides is 1. The van der Waals surface area contributed by atoms with Crippen molar-refractivity contribution in [1.82, 2.24) is 14.5 Å². The third-order valence-corrected chi connectivity index (χ3v) is 5.22. The molecule has 1 amide bonds. The number of hydrogen-bond donors (Lipinski definition) is 1. The quantitative estimate of drug-likeness (QED) is 0.775. The van der Waals surface area contributed by atoms with Crippen LogP contribution in [-0.4, -0.2) is 45.7 Å². The Morgan fingerprint density at radius 1 is 1.30 bits per heavy atom. The lowest BCUT2D eigenvalue weighted by atomic mass is 10.1. The van der Waals surface area contributed by atoms with Gasteiger partial charge in [0.2, 0.25) is 0 Å². The van der Waals surface area contributed by atoms with Crippen LogP contribution in [0, 0.1) is 6.92 Å². The van der Waals surface area contributed by atoms with Crippen LogP contribution in [0.1, 0.15) is 33.4 Å². The van der Waals surface area contributed by atoms with Gasteiger partial charge in [0.25, 0.3) is 5.91 Å². The van der Waals surface area contributed by atoms with E-state index in [9.17, 15) is 9.90 Å². The van der Waals surface area contributed by atoms with Crippen LogP contribution in [0.5, 0.6) is 5.75 Å². The fraction of sp³-hybridized carbons (Fsp3) is 0.333. The zero-order chi connectivity index (χ0) is 19.3. The van der Waals surface area contributed by atoms with Gasteiger partial charge in [0, 0.05) is 33.1 Å². The van der Waals surface area contributed by atoms with E-state index >= 15 is 0 Å². The number of fused-ring (bicyclic) bond motifs is 2. The molecule has 0 fully saturated rings. The predicted octanol–water partition coefficient (Wildman–Crippen LogP) is 2.62. The second kappa shape index (κ2) is 6.39. The average molecular weight is 365 g/mol. The van der Waals surface area contributed by atoms with Crippen LogP contribution in [0.3, 0.4) is 0 Å². The minimum atomic E-state index is -0.629. The van der Waals surface area contributed by atoms with Gasteiger partial charge in [0.15, 0.2) is 6.10 Å². The number of ether oxygens (including phenoxy) is 1. The highest BCUT2D eigenvalue weighted by atomic mass is 16.5. The molecule has 3 aromatic rings. The molecule has 140 valence electrons. The van der Waals surface area contributed by atoms with Gasteiger partial charge in [-0.15, -0.1) is 0 Å². The molecule has 1 aliphatic carbocycles. The van der Waals surface area contributed by atoms with Gasteiger partial charge in [0.1, 0.15) is 17.1 Å². The first-order valence-corrected chi connectivity index (χ1v) is 8.98. The second-order valence-corrected chi connectivity index (χ2v) is 7.27. The molecular weight excluding hydrogens is 342 g/mol. The molecule has 2 aromatic carbocycles. The van der Waals surface area contributed by atoms with Crippen LogP contribution in [0.4, 0.5) is 0 Å². The van der Waals surface area contributed by atoms with Gasteiger partial charge in [-0.3, -0.25) is 4.79 Å². The number of rotatable bonds is 3. The normalized spacial score (nSPS) is 18.6. The molecule has 0 spiro atoms. The largest absolute Gasteiger partial charge is 0.481 e. The summed E-state index contributed by atoms with van der Waals surface area (Å²) < 4.78 is 8.21. The fourth-order valence-corrected chi connectivity index (χ4v) is 3.66. The van der Waals surface area contributed by atoms with Crippen LogP contribution in [0.25, 0.3) is 11.0 Å². The molecule has 0 saturated carbocycles. The van der Waals surface area contributed by atoms with Crippen molar-refractivity contribution < 1.29 is 14.6 Å². The molecule has 4 rings (SSSR count). The molecule has 27 heavy (non-hydrogen) atoms. The minimum Gasteiger partial charge on any atom is -0.481 e. The molecule has 0 bridgehead atoms. The third-order valence-electron chi connectivity index (χ3n) is 5.22. The number of aliphatic hydroxyl groups excluding tert-OH is 1. The van der Waals surface area contributed by atoms with Gasteiger partial charge >= 0.3 is 0 Å². The maximum Gasteiger partial charge on any atom is 0.253 e. The number of aromatic nitrogens is 2. The predicted molar refractivity (Wildman–Crippen MR) is 103 cm³/mol. The van der Waals surface area contributed by atoms with Gasteiger partial charge in [-0.1, -0.05) is 24.3 Å². The minimum absolute atomic E-state index is 0.104. The summed E-state index contributed by atoms with van der Waals surface area (Å²) in [7, 11) is 5.36. The highest BCUT2D eigenvalue weighted by Gasteiger charge is 2.33. The number of carbonyl (C=O) groups excluding carboxylic acids is 1. The summed E-state index contributed by atoms with van der Waals surface area (Å²) in [5, 5.41) is 10.5. The molecule has 0 aliphatic heterocycles. The van der Waals surface area contributed by atoms with Gasteiger partial charge in [-0.05, 0) is 30.2 Å². The summed E-state index contributed by atoms with van der Waals surface area (Å²) in [5.74, 6) is 1.24. The highest BCUT2D eigenvalue weighted by molar-refractivity contribution is 5.99. The zero-order valence-electron chi connectivity index (χ0n) is 15.9.